The van der Waals surface area contributed by atoms with Gasteiger partial charge >= 0.3 is 11.3 Å². The SMILES string of the molecule is COc1ccccc1N=C([O-])c1sc2nc(N)c(C#N)c(-c3c(=O)o[nH][n+]3C)c2c1N. The first kappa shape index (κ1) is 19.9. The van der Waals surface area contributed by atoms with E-state index >= 15 is 0 Å². The van der Waals surface area contributed by atoms with Gasteiger partial charge in [-0.3, -0.25) is 9.52 Å². The van der Waals surface area contributed by atoms with E-state index in [1.807, 2.05) is 6.07 Å². The van der Waals surface area contributed by atoms with Gasteiger partial charge in [-0.05, 0) is 17.4 Å². The number of nitrogens with two attached hydrogens (primary N) is 2. The molecule has 1 aromatic carbocycles. The number of anilines is 2. The standard InChI is InChI=1S/C19H15N7O4S/c1-26-14(19(28)30-25-26)11-8(7-20)16(22)24-18-12(11)13(21)15(31-18)17(27)23-9-5-3-4-6-10(9)29-2/h3-6H,1-2H3,(H5-,21,22,23,24,25,27,28). The highest BCUT2D eigenvalue weighted by Crippen LogP contribution is 2.41. The van der Waals surface area contributed by atoms with E-state index in [1.54, 1.807) is 24.3 Å². The molecule has 31 heavy (non-hydrogen) atoms. The zero-order chi connectivity index (χ0) is 22.3. The van der Waals surface area contributed by atoms with E-state index in [9.17, 15) is 15.2 Å². The highest BCUT2D eigenvalue weighted by Gasteiger charge is 2.31. The molecule has 12 heteroatoms. The first-order chi connectivity index (χ1) is 14.9. The highest BCUT2D eigenvalue weighted by molar-refractivity contribution is 7.21. The fourth-order valence-electron chi connectivity index (χ4n) is 3.17. The number of H-pyrrole nitrogens is 1. The Balaban J connectivity index is 2.03. The van der Waals surface area contributed by atoms with Gasteiger partial charge in [0.15, 0.2) is 7.05 Å². The minimum absolute atomic E-state index is 0.0146. The van der Waals surface area contributed by atoms with Gasteiger partial charge in [-0.15, -0.1) is 11.3 Å². The van der Waals surface area contributed by atoms with Gasteiger partial charge in [-0.1, -0.05) is 16.8 Å². The fraction of sp³-hybridized carbons (Fsp3) is 0.105. The molecule has 0 amide bonds. The Labute approximate surface area is 178 Å². The van der Waals surface area contributed by atoms with Gasteiger partial charge in [0, 0.05) is 5.90 Å². The van der Waals surface area contributed by atoms with Crippen molar-refractivity contribution in [1.82, 2.24) is 10.3 Å². The van der Waals surface area contributed by atoms with Gasteiger partial charge in [-0.25, -0.2) is 9.78 Å². The van der Waals surface area contributed by atoms with Gasteiger partial charge in [-0.2, -0.15) is 5.26 Å². The number of ether oxygens (including phenoxy) is 1. The number of pyridine rings is 1. The van der Waals surface area contributed by atoms with Crippen molar-refractivity contribution >= 4 is 44.6 Å². The second-order valence-electron chi connectivity index (χ2n) is 6.36. The summed E-state index contributed by atoms with van der Waals surface area (Å²) in [6, 6.07) is 8.71. The maximum Gasteiger partial charge on any atom is 0.435 e. The molecule has 3 heterocycles. The Kier molecular flexibility index (Phi) is 4.80. The number of aromatic amines is 1. The largest absolute Gasteiger partial charge is 0.858 e. The molecule has 4 aromatic rings. The summed E-state index contributed by atoms with van der Waals surface area (Å²) >= 11 is 0.959. The van der Waals surface area contributed by atoms with E-state index in [2.05, 4.69) is 15.2 Å². The third kappa shape index (κ3) is 3.13. The van der Waals surface area contributed by atoms with Crippen LogP contribution in [0.3, 0.4) is 0 Å². The van der Waals surface area contributed by atoms with Crippen LogP contribution in [0.2, 0.25) is 0 Å². The molecule has 0 unspecified atom stereocenters. The van der Waals surface area contributed by atoms with Crippen LogP contribution in [0.25, 0.3) is 21.5 Å². The number of aryl methyl sites for hydroxylation is 1. The summed E-state index contributed by atoms with van der Waals surface area (Å²) in [5.74, 6) is -0.312. The zero-order valence-corrected chi connectivity index (χ0v) is 17.1. The minimum atomic E-state index is -0.733. The number of para-hydroxylation sites is 2. The minimum Gasteiger partial charge on any atom is -0.858 e. The molecule has 11 nitrogen and oxygen atoms in total. The van der Waals surface area contributed by atoms with Crippen molar-refractivity contribution in [3.05, 3.63) is 45.1 Å². The maximum atomic E-state index is 12.9. The van der Waals surface area contributed by atoms with Gasteiger partial charge in [0.05, 0.1) is 28.6 Å². The molecule has 0 spiro atoms. The van der Waals surface area contributed by atoms with Crippen molar-refractivity contribution in [2.45, 2.75) is 0 Å². The summed E-state index contributed by atoms with van der Waals surface area (Å²) in [5, 5.41) is 25.2. The number of hydrogen-bond acceptors (Lipinski definition) is 10. The average molecular weight is 437 g/mol. The van der Waals surface area contributed by atoms with Crippen molar-refractivity contribution in [3.8, 4) is 23.1 Å². The lowest BCUT2D eigenvalue weighted by Crippen LogP contribution is -2.34. The number of nitriles is 1. The second-order valence-corrected chi connectivity index (χ2v) is 7.36. The topological polar surface area (TPSA) is 183 Å². The van der Waals surface area contributed by atoms with Crippen LogP contribution in [0.15, 0.2) is 38.6 Å². The molecule has 0 atom stereocenters. The number of benzene rings is 1. The van der Waals surface area contributed by atoms with Crippen molar-refractivity contribution in [3.63, 3.8) is 0 Å². The lowest BCUT2D eigenvalue weighted by Gasteiger charge is -2.11. The summed E-state index contributed by atoms with van der Waals surface area (Å²) in [6.45, 7) is 0. The van der Waals surface area contributed by atoms with Crippen LogP contribution in [-0.4, -0.2) is 23.3 Å². The Morgan fingerprint density at radius 2 is 2.16 bits per heavy atom. The predicted octanol–water partition coefficient (Wildman–Crippen LogP) is 0.552. The number of nitrogen functional groups attached to an aromatic ring is 2. The van der Waals surface area contributed by atoms with Crippen molar-refractivity contribution in [2.24, 2.45) is 12.0 Å². The number of nitrogens with zero attached hydrogens (tertiary/aromatic N) is 4. The quantitative estimate of drug-likeness (QED) is 0.235. The number of hydrogen-bond donors (Lipinski definition) is 3. The molecule has 3 aromatic heterocycles. The number of aromatic nitrogens is 3. The van der Waals surface area contributed by atoms with Gasteiger partial charge in [0.2, 0.25) is 0 Å². The Morgan fingerprint density at radius 1 is 1.42 bits per heavy atom. The number of thiophene rings is 1. The Morgan fingerprint density at radius 3 is 2.81 bits per heavy atom. The van der Waals surface area contributed by atoms with Crippen molar-refractivity contribution in [2.75, 3.05) is 18.6 Å². The van der Waals surface area contributed by atoms with E-state index in [1.165, 1.54) is 18.8 Å². The van der Waals surface area contributed by atoms with E-state index in [4.69, 9.17) is 20.7 Å². The average Bonchev–Trinajstić information content (AvgIpc) is 3.26. The third-order valence-corrected chi connectivity index (χ3v) is 5.65. The van der Waals surface area contributed by atoms with Gasteiger partial charge in [0.1, 0.15) is 33.7 Å². The van der Waals surface area contributed by atoms with Crippen LogP contribution in [0.4, 0.5) is 17.2 Å². The molecule has 0 aliphatic heterocycles. The lowest BCUT2D eigenvalue weighted by molar-refractivity contribution is -0.730. The van der Waals surface area contributed by atoms with Gasteiger partial charge < -0.3 is 21.3 Å². The van der Waals surface area contributed by atoms with E-state index in [-0.39, 0.29) is 43.4 Å². The van der Waals surface area contributed by atoms with E-state index in [0.29, 0.717) is 11.4 Å². The molecule has 0 aliphatic carbocycles. The molecule has 5 N–H and O–H groups in total. The van der Waals surface area contributed by atoms with E-state index < -0.39 is 11.5 Å². The van der Waals surface area contributed by atoms with Crippen molar-refractivity contribution in [1.29, 1.82) is 5.26 Å². The number of methoxy groups -OCH3 is 1. The van der Waals surface area contributed by atoms with Crippen LogP contribution in [0.1, 0.15) is 10.4 Å². The number of aliphatic imine (C=N–C) groups is 1. The number of nitrogens with one attached hydrogen (secondary N) is 1. The molecule has 0 bridgehead atoms. The summed E-state index contributed by atoms with van der Waals surface area (Å²) < 4.78 is 11.3. The first-order valence-corrected chi connectivity index (χ1v) is 9.57. The Bertz CT molecular complexity index is 1460. The molecule has 0 aliphatic rings. The number of rotatable bonds is 4. The third-order valence-electron chi connectivity index (χ3n) is 4.56. The first-order valence-electron chi connectivity index (χ1n) is 8.75. The molecular formula is C19H15N7O4S. The smallest absolute Gasteiger partial charge is 0.435 e. The van der Waals surface area contributed by atoms with Crippen LogP contribution >= 0.6 is 11.3 Å². The maximum absolute atomic E-state index is 12.9. The van der Waals surface area contributed by atoms with Crippen LogP contribution in [0.5, 0.6) is 5.75 Å². The van der Waals surface area contributed by atoms with Crippen LogP contribution < -0.4 is 31.6 Å². The highest BCUT2D eigenvalue weighted by atomic mass is 32.1. The lowest BCUT2D eigenvalue weighted by atomic mass is 10.0. The van der Waals surface area contributed by atoms with Gasteiger partial charge in [0.25, 0.3) is 0 Å². The Hall–Kier alpha value is -4.37. The molecule has 0 saturated heterocycles. The van der Waals surface area contributed by atoms with Crippen LogP contribution in [-0.2, 0) is 7.05 Å². The van der Waals surface area contributed by atoms with Crippen molar-refractivity contribution < 1.29 is 19.0 Å². The molecule has 0 fully saturated rings. The molecule has 4 rings (SSSR count). The molecule has 0 radical (unpaired) electrons. The zero-order valence-electron chi connectivity index (χ0n) is 16.3. The number of fused-ring (bicyclic) bond motifs is 1. The molecule has 156 valence electrons. The summed E-state index contributed by atoms with van der Waals surface area (Å²) in [4.78, 5) is 21.0. The predicted molar refractivity (Wildman–Crippen MR) is 112 cm³/mol. The summed E-state index contributed by atoms with van der Waals surface area (Å²) in [5.41, 5.74) is 12.0. The molecular weight excluding hydrogens is 422 g/mol. The monoisotopic (exact) mass is 437 g/mol. The van der Waals surface area contributed by atoms with Crippen LogP contribution in [0, 0.1) is 11.3 Å². The van der Waals surface area contributed by atoms with E-state index in [0.717, 1.165) is 11.3 Å². The second kappa shape index (κ2) is 7.47. The molecule has 0 saturated carbocycles. The normalized spacial score (nSPS) is 11.6. The fourth-order valence-corrected chi connectivity index (χ4v) is 4.17. The summed E-state index contributed by atoms with van der Waals surface area (Å²) in [7, 11) is 2.99. The summed E-state index contributed by atoms with van der Waals surface area (Å²) in [6.07, 6.45) is 0.